The molecule has 0 spiro atoms. The van der Waals surface area contributed by atoms with E-state index < -0.39 is 16.9 Å². The van der Waals surface area contributed by atoms with Crippen LogP contribution in [0.25, 0.3) is 10.9 Å². The Bertz CT molecular complexity index is 765. The first kappa shape index (κ1) is 18.7. The van der Waals surface area contributed by atoms with Gasteiger partial charge >= 0.3 is 5.97 Å². The van der Waals surface area contributed by atoms with Crippen molar-refractivity contribution in [1.29, 1.82) is 0 Å². The summed E-state index contributed by atoms with van der Waals surface area (Å²) in [6, 6.07) is 2.13. The second-order valence-electron chi connectivity index (χ2n) is 6.06. The van der Waals surface area contributed by atoms with Crippen LogP contribution in [0.4, 0.5) is 11.4 Å². The second-order valence-corrected chi connectivity index (χ2v) is 6.06. The van der Waals surface area contributed by atoms with Crippen molar-refractivity contribution in [2.75, 3.05) is 18.0 Å². The second kappa shape index (κ2) is 7.98. The molecule has 4 N–H and O–H groups in total. The number of rotatable bonds is 9. The highest BCUT2D eigenvalue weighted by Gasteiger charge is 2.24. The maximum absolute atomic E-state index is 11.4. The van der Waals surface area contributed by atoms with Crippen molar-refractivity contribution in [2.24, 2.45) is 5.73 Å². The molecule has 0 aliphatic rings. The predicted molar refractivity (Wildman–Crippen MR) is 97.1 cm³/mol. The number of benzene rings is 1. The summed E-state index contributed by atoms with van der Waals surface area (Å²) < 4.78 is 0. The predicted octanol–water partition coefficient (Wildman–Crippen LogP) is 2.66. The Balaban J connectivity index is 2.60. The zero-order valence-corrected chi connectivity index (χ0v) is 14.5. The summed E-state index contributed by atoms with van der Waals surface area (Å²) in [5, 5.41) is 20.9. The number of hydrogen-bond acceptors (Lipinski definition) is 5. The van der Waals surface area contributed by atoms with E-state index in [4.69, 9.17) is 10.8 Å². The number of carbonyl (C=O) groups is 1. The molecule has 0 bridgehead atoms. The number of nitro groups is 1. The molecule has 0 aliphatic heterocycles. The van der Waals surface area contributed by atoms with Crippen LogP contribution in [-0.4, -0.2) is 40.1 Å². The minimum Gasteiger partial charge on any atom is -0.480 e. The van der Waals surface area contributed by atoms with Crippen LogP contribution in [0.3, 0.4) is 0 Å². The third-order valence-corrected chi connectivity index (χ3v) is 4.15. The van der Waals surface area contributed by atoms with Gasteiger partial charge in [-0.15, -0.1) is 0 Å². The standard InChI is InChI=1S/C17H24N4O4/c1-3-7-20(8-4-2)14-6-5-13(21(24)25)15-11(10-19-16(14)15)9-12(18)17(22)23/h5-6,10,12,19H,3-4,7-9,18H2,1-2H3,(H,22,23). The molecule has 1 aromatic carbocycles. The molecule has 136 valence electrons. The van der Waals surface area contributed by atoms with E-state index in [1.54, 1.807) is 12.3 Å². The Kier molecular flexibility index (Phi) is 5.97. The van der Waals surface area contributed by atoms with Gasteiger partial charge in [0.1, 0.15) is 6.04 Å². The lowest BCUT2D eigenvalue weighted by molar-refractivity contribution is -0.383. The smallest absolute Gasteiger partial charge is 0.320 e. The lowest BCUT2D eigenvalue weighted by Gasteiger charge is -2.24. The molecule has 0 saturated heterocycles. The lowest BCUT2D eigenvalue weighted by atomic mass is 10.0. The van der Waals surface area contributed by atoms with Crippen LogP contribution in [0.5, 0.6) is 0 Å². The van der Waals surface area contributed by atoms with E-state index in [0.29, 0.717) is 16.5 Å². The number of fused-ring (bicyclic) bond motifs is 1. The fourth-order valence-electron chi connectivity index (χ4n) is 3.08. The SMILES string of the molecule is CCCN(CCC)c1ccc([N+](=O)[O-])c2c(CC(N)C(=O)O)c[nH]c12. The quantitative estimate of drug-likeness (QED) is 0.472. The molecule has 2 rings (SSSR count). The maximum Gasteiger partial charge on any atom is 0.320 e. The number of H-pyrrole nitrogens is 1. The third-order valence-electron chi connectivity index (χ3n) is 4.15. The van der Waals surface area contributed by atoms with Crippen molar-refractivity contribution in [3.63, 3.8) is 0 Å². The number of nitrogens with zero attached hydrogens (tertiary/aromatic N) is 2. The van der Waals surface area contributed by atoms with Gasteiger partial charge in [-0.25, -0.2) is 0 Å². The van der Waals surface area contributed by atoms with E-state index in [-0.39, 0.29) is 12.1 Å². The number of aromatic nitrogens is 1. The first-order valence-electron chi connectivity index (χ1n) is 8.41. The molecule has 0 radical (unpaired) electrons. The van der Waals surface area contributed by atoms with E-state index in [2.05, 4.69) is 23.7 Å². The molecule has 0 aliphatic carbocycles. The van der Waals surface area contributed by atoms with Crippen LogP contribution in [0.1, 0.15) is 32.3 Å². The normalized spacial score (nSPS) is 12.3. The molecule has 1 unspecified atom stereocenters. The lowest BCUT2D eigenvalue weighted by Crippen LogP contribution is -2.32. The molecule has 8 heteroatoms. The molecule has 0 saturated carbocycles. The average Bonchev–Trinajstić information content (AvgIpc) is 2.97. The van der Waals surface area contributed by atoms with Gasteiger partial charge in [0.2, 0.25) is 0 Å². The molecular formula is C17H24N4O4. The van der Waals surface area contributed by atoms with Crippen molar-refractivity contribution >= 4 is 28.2 Å². The first-order chi connectivity index (χ1) is 11.9. The van der Waals surface area contributed by atoms with Crippen LogP contribution in [0, 0.1) is 10.1 Å². The number of anilines is 1. The van der Waals surface area contributed by atoms with Gasteiger partial charge in [0.25, 0.3) is 5.69 Å². The van der Waals surface area contributed by atoms with Crippen LogP contribution in [-0.2, 0) is 11.2 Å². The summed E-state index contributed by atoms with van der Waals surface area (Å²) in [6.07, 6.45) is 3.56. The van der Waals surface area contributed by atoms with Gasteiger partial charge in [-0.05, 0) is 24.5 Å². The molecule has 8 nitrogen and oxygen atoms in total. The van der Waals surface area contributed by atoms with Crippen LogP contribution < -0.4 is 10.6 Å². The van der Waals surface area contributed by atoms with E-state index in [1.807, 2.05) is 0 Å². The van der Waals surface area contributed by atoms with E-state index >= 15 is 0 Å². The third kappa shape index (κ3) is 3.90. The van der Waals surface area contributed by atoms with Crippen LogP contribution in [0.2, 0.25) is 0 Å². The Morgan fingerprint density at radius 2 is 2.00 bits per heavy atom. The van der Waals surface area contributed by atoms with Crippen molar-refractivity contribution < 1.29 is 14.8 Å². The molecule has 0 fully saturated rings. The summed E-state index contributed by atoms with van der Waals surface area (Å²) in [5.41, 5.74) is 7.68. The first-order valence-corrected chi connectivity index (χ1v) is 8.41. The number of hydrogen-bond donors (Lipinski definition) is 3. The molecular weight excluding hydrogens is 324 g/mol. The fraction of sp³-hybridized carbons (Fsp3) is 0.471. The summed E-state index contributed by atoms with van der Waals surface area (Å²) in [7, 11) is 0. The molecule has 25 heavy (non-hydrogen) atoms. The van der Waals surface area contributed by atoms with Gasteiger partial charge in [-0.1, -0.05) is 13.8 Å². The number of aliphatic carboxylic acids is 1. The van der Waals surface area contributed by atoms with E-state index in [9.17, 15) is 14.9 Å². The van der Waals surface area contributed by atoms with Gasteiger partial charge < -0.3 is 20.7 Å². The van der Waals surface area contributed by atoms with Crippen molar-refractivity contribution in [3.05, 3.63) is 34.0 Å². The summed E-state index contributed by atoms with van der Waals surface area (Å²) >= 11 is 0. The zero-order valence-electron chi connectivity index (χ0n) is 14.5. The Morgan fingerprint density at radius 3 is 2.52 bits per heavy atom. The highest BCUT2D eigenvalue weighted by Crippen LogP contribution is 2.36. The highest BCUT2D eigenvalue weighted by atomic mass is 16.6. The number of nitrogens with one attached hydrogen (secondary N) is 1. The van der Waals surface area contributed by atoms with Gasteiger partial charge in [-0.2, -0.15) is 0 Å². The largest absolute Gasteiger partial charge is 0.480 e. The number of nitrogens with two attached hydrogens (primary N) is 1. The van der Waals surface area contributed by atoms with Crippen molar-refractivity contribution in [3.8, 4) is 0 Å². The Labute approximate surface area is 145 Å². The minimum atomic E-state index is -1.13. The molecule has 2 aromatic rings. The van der Waals surface area contributed by atoms with E-state index in [1.165, 1.54) is 6.07 Å². The van der Waals surface area contributed by atoms with Gasteiger partial charge in [0.15, 0.2) is 0 Å². The Hall–Kier alpha value is -2.61. The van der Waals surface area contributed by atoms with Crippen molar-refractivity contribution in [2.45, 2.75) is 39.2 Å². The molecule has 1 heterocycles. The maximum atomic E-state index is 11.4. The monoisotopic (exact) mass is 348 g/mol. The number of carboxylic acid groups (broad SMARTS) is 1. The van der Waals surface area contributed by atoms with Crippen LogP contribution >= 0.6 is 0 Å². The topological polar surface area (TPSA) is 125 Å². The van der Waals surface area contributed by atoms with Gasteiger partial charge in [-0.3, -0.25) is 14.9 Å². The van der Waals surface area contributed by atoms with Gasteiger partial charge in [0.05, 0.1) is 21.5 Å². The number of aromatic amines is 1. The Morgan fingerprint density at radius 1 is 1.36 bits per heavy atom. The molecule has 1 atom stereocenters. The molecule has 0 amide bonds. The summed E-state index contributed by atoms with van der Waals surface area (Å²) in [5.74, 6) is -1.13. The number of nitro benzene ring substituents is 1. The minimum absolute atomic E-state index is 0.0290. The van der Waals surface area contributed by atoms with Crippen LogP contribution in [0.15, 0.2) is 18.3 Å². The zero-order chi connectivity index (χ0) is 18.6. The number of non-ortho nitro benzene ring substituents is 1. The fourth-order valence-corrected chi connectivity index (χ4v) is 3.08. The van der Waals surface area contributed by atoms with Crippen molar-refractivity contribution in [1.82, 2.24) is 4.98 Å². The summed E-state index contributed by atoms with van der Waals surface area (Å²) in [6.45, 7) is 5.84. The summed E-state index contributed by atoms with van der Waals surface area (Å²) in [4.78, 5) is 27.3. The average molecular weight is 348 g/mol. The molecule has 1 aromatic heterocycles. The highest BCUT2D eigenvalue weighted by molar-refractivity contribution is 6.00. The van der Waals surface area contributed by atoms with Gasteiger partial charge in [0, 0.05) is 31.8 Å². The number of carboxylic acids is 1. The van der Waals surface area contributed by atoms with E-state index in [0.717, 1.165) is 31.6 Å².